The second-order valence-electron chi connectivity index (χ2n) is 4.76. The normalized spacial score (nSPS) is 16.7. The molecule has 1 aliphatic rings. The molecule has 0 spiro atoms. The van der Waals surface area contributed by atoms with E-state index >= 15 is 0 Å². The lowest BCUT2D eigenvalue weighted by atomic mass is 10.2. The second-order valence-corrected chi connectivity index (χ2v) is 6.27. The van der Waals surface area contributed by atoms with Gasteiger partial charge in [0, 0.05) is 29.7 Å². The fraction of sp³-hybridized carbons (Fsp3) is 0.727. The fourth-order valence-electron chi connectivity index (χ4n) is 1.46. The summed E-state index contributed by atoms with van der Waals surface area (Å²) in [7, 11) is 0. The Morgan fingerprint density at radius 3 is 2.93 bits per heavy atom. The molecule has 1 aromatic rings. The maximum atomic E-state index is 4.36. The van der Waals surface area contributed by atoms with Crippen molar-refractivity contribution < 1.29 is 0 Å². The molecular weight excluding hydrogens is 206 g/mol. The van der Waals surface area contributed by atoms with Gasteiger partial charge in [0.15, 0.2) is 0 Å². The number of imidazole rings is 1. The largest absolute Gasteiger partial charge is 0.353 e. The summed E-state index contributed by atoms with van der Waals surface area (Å²) in [4.78, 5) is 4.36. The van der Waals surface area contributed by atoms with Crippen molar-refractivity contribution >= 4 is 17.7 Å². The van der Waals surface area contributed by atoms with Gasteiger partial charge in [-0.05, 0) is 32.9 Å². The standard InChI is InChI=1S/C11H19N3S/c1-11(2,15-3)8-14-7-6-12-10(14)13-9-4-5-9/h6-7,9H,4-5,8H2,1-3H3,(H,12,13). The van der Waals surface area contributed by atoms with Crippen molar-refractivity contribution in [1.29, 1.82) is 0 Å². The van der Waals surface area contributed by atoms with E-state index in [0.29, 0.717) is 6.04 Å². The summed E-state index contributed by atoms with van der Waals surface area (Å²) < 4.78 is 2.48. The third-order valence-electron chi connectivity index (χ3n) is 2.73. The van der Waals surface area contributed by atoms with Crippen molar-refractivity contribution in [1.82, 2.24) is 9.55 Å². The second kappa shape index (κ2) is 4.08. The molecule has 1 N–H and O–H groups in total. The molecule has 4 heteroatoms. The molecule has 15 heavy (non-hydrogen) atoms. The third kappa shape index (κ3) is 2.91. The predicted octanol–water partition coefficient (Wildman–Crippen LogP) is 2.60. The lowest BCUT2D eigenvalue weighted by Gasteiger charge is -2.23. The quantitative estimate of drug-likeness (QED) is 0.835. The van der Waals surface area contributed by atoms with E-state index < -0.39 is 0 Å². The van der Waals surface area contributed by atoms with Gasteiger partial charge in [-0.1, -0.05) is 0 Å². The molecule has 1 saturated carbocycles. The Labute approximate surface area is 95.7 Å². The molecule has 0 unspecified atom stereocenters. The van der Waals surface area contributed by atoms with E-state index in [4.69, 9.17) is 0 Å². The first kappa shape index (κ1) is 10.9. The van der Waals surface area contributed by atoms with Crippen LogP contribution in [0.1, 0.15) is 26.7 Å². The summed E-state index contributed by atoms with van der Waals surface area (Å²) in [6.07, 6.45) is 8.67. The highest BCUT2D eigenvalue weighted by molar-refractivity contribution is 7.99. The molecule has 1 aromatic heterocycles. The molecule has 0 radical (unpaired) electrons. The van der Waals surface area contributed by atoms with Crippen LogP contribution in [0, 0.1) is 0 Å². The zero-order valence-corrected chi connectivity index (χ0v) is 10.5. The predicted molar refractivity (Wildman–Crippen MR) is 66.5 cm³/mol. The molecule has 0 amide bonds. The van der Waals surface area contributed by atoms with Crippen LogP contribution in [0.4, 0.5) is 5.95 Å². The minimum absolute atomic E-state index is 0.265. The number of thioether (sulfide) groups is 1. The maximum absolute atomic E-state index is 4.36. The molecule has 84 valence electrons. The van der Waals surface area contributed by atoms with Gasteiger partial charge in [-0.25, -0.2) is 4.98 Å². The van der Waals surface area contributed by atoms with Crippen LogP contribution in [-0.4, -0.2) is 26.6 Å². The molecule has 1 aliphatic carbocycles. The average Bonchev–Trinajstić information content (AvgIpc) is 2.90. The lowest BCUT2D eigenvalue weighted by molar-refractivity contribution is 0.571. The van der Waals surface area contributed by atoms with Crippen molar-refractivity contribution in [2.45, 2.75) is 44.0 Å². The molecule has 1 fully saturated rings. The topological polar surface area (TPSA) is 29.9 Å². The molecule has 1 heterocycles. The van der Waals surface area contributed by atoms with Crippen LogP contribution in [0.25, 0.3) is 0 Å². The molecule has 0 aromatic carbocycles. The van der Waals surface area contributed by atoms with Gasteiger partial charge >= 0.3 is 0 Å². The number of rotatable bonds is 5. The highest BCUT2D eigenvalue weighted by atomic mass is 32.2. The van der Waals surface area contributed by atoms with Crippen molar-refractivity contribution in [2.75, 3.05) is 11.6 Å². The molecule has 3 nitrogen and oxygen atoms in total. The van der Waals surface area contributed by atoms with E-state index in [0.717, 1.165) is 12.5 Å². The van der Waals surface area contributed by atoms with Crippen LogP contribution in [0.5, 0.6) is 0 Å². The smallest absolute Gasteiger partial charge is 0.203 e. The van der Waals surface area contributed by atoms with Crippen LogP contribution < -0.4 is 5.32 Å². The number of hydrogen-bond donors (Lipinski definition) is 1. The third-order valence-corrected chi connectivity index (χ3v) is 3.96. The van der Waals surface area contributed by atoms with E-state index in [2.05, 4.69) is 41.2 Å². The summed E-state index contributed by atoms with van der Waals surface area (Å²) in [5.74, 6) is 1.03. The first-order valence-corrected chi connectivity index (χ1v) is 6.66. The van der Waals surface area contributed by atoms with Crippen molar-refractivity contribution in [3.05, 3.63) is 12.4 Å². The fourth-order valence-corrected chi connectivity index (χ4v) is 1.73. The van der Waals surface area contributed by atoms with Crippen LogP contribution >= 0.6 is 11.8 Å². The van der Waals surface area contributed by atoms with Gasteiger partial charge in [0.1, 0.15) is 0 Å². The zero-order valence-electron chi connectivity index (χ0n) is 9.66. The average molecular weight is 225 g/mol. The molecule has 0 bridgehead atoms. The van der Waals surface area contributed by atoms with Gasteiger partial charge in [0.2, 0.25) is 5.95 Å². The van der Waals surface area contributed by atoms with Gasteiger partial charge in [0.25, 0.3) is 0 Å². The van der Waals surface area contributed by atoms with E-state index in [9.17, 15) is 0 Å². The van der Waals surface area contributed by atoms with E-state index in [1.165, 1.54) is 12.8 Å². The minimum atomic E-state index is 0.265. The lowest BCUT2D eigenvalue weighted by Crippen LogP contribution is -2.23. The first-order chi connectivity index (χ1) is 7.11. The van der Waals surface area contributed by atoms with Crippen LogP contribution in [-0.2, 0) is 6.54 Å². The summed E-state index contributed by atoms with van der Waals surface area (Å²) in [5.41, 5.74) is 0. The number of nitrogens with zero attached hydrogens (tertiary/aromatic N) is 2. The zero-order chi connectivity index (χ0) is 10.9. The minimum Gasteiger partial charge on any atom is -0.353 e. The van der Waals surface area contributed by atoms with Gasteiger partial charge in [0.05, 0.1) is 0 Å². The Morgan fingerprint density at radius 2 is 2.33 bits per heavy atom. The van der Waals surface area contributed by atoms with E-state index in [1.54, 1.807) is 0 Å². The van der Waals surface area contributed by atoms with Crippen molar-refractivity contribution in [3.63, 3.8) is 0 Å². The summed E-state index contributed by atoms with van der Waals surface area (Å²) >= 11 is 1.89. The number of nitrogens with one attached hydrogen (secondary N) is 1. The monoisotopic (exact) mass is 225 g/mol. The Kier molecular flexibility index (Phi) is 2.96. The Bertz CT molecular complexity index is 328. The maximum Gasteiger partial charge on any atom is 0.203 e. The van der Waals surface area contributed by atoms with Gasteiger partial charge in [-0.3, -0.25) is 0 Å². The van der Waals surface area contributed by atoms with Crippen LogP contribution in [0.15, 0.2) is 12.4 Å². The van der Waals surface area contributed by atoms with Crippen molar-refractivity contribution in [2.24, 2.45) is 0 Å². The Hall–Kier alpha value is -0.640. The number of hydrogen-bond acceptors (Lipinski definition) is 3. The highest BCUT2D eigenvalue weighted by Gasteiger charge is 2.24. The SMILES string of the molecule is CSC(C)(C)Cn1ccnc1NC1CC1. The first-order valence-electron chi connectivity index (χ1n) is 5.43. The molecule has 0 atom stereocenters. The highest BCUT2D eigenvalue weighted by Crippen LogP contribution is 2.27. The van der Waals surface area contributed by atoms with Gasteiger partial charge in [-0.2, -0.15) is 11.8 Å². The summed E-state index contributed by atoms with van der Waals surface area (Å²) in [6, 6.07) is 0.670. The van der Waals surface area contributed by atoms with E-state index in [-0.39, 0.29) is 4.75 Å². The van der Waals surface area contributed by atoms with E-state index in [1.807, 2.05) is 18.0 Å². The Balaban J connectivity index is 2.03. The molecule has 0 saturated heterocycles. The summed E-state index contributed by atoms with van der Waals surface area (Å²) in [5, 5.41) is 3.45. The Morgan fingerprint density at radius 1 is 1.60 bits per heavy atom. The van der Waals surface area contributed by atoms with Crippen LogP contribution in [0.2, 0.25) is 0 Å². The van der Waals surface area contributed by atoms with Gasteiger partial charge < -0.3 is 9.88 Å². The molecule has 2 rings (SSSR count). The number of aromatic nitrogens is 2. The molecular formula is C11H19N3S. The summed E-state index contributed by atoms with van der Waals surface area (Å²) in [6.45, 7) is 5.53. The number of anilines is 1. The van der Waals surface area contributed by atoms with Gasteiger partial charge in [-0.15, -0.1) is 0 Å². The molecule has 0 aliphatic heterocycles. The van der Waals surface area contributed by atoms with Crippen LogP contribution in [0.3, 0.4) is 0 Å². The van der Waals surface area contributed by atoms with Crippen molar-refractivity contribution in [3.8, 4) is 0 Å².